The van der Waals surface area contributed by atoms with Crippen molar-refractivity contribution in [1.29, 1.82) is 0 Å². The van der Waals surface area contributed by atoms with Crippen LogP contribution in [0.15, 0.2) is 0 Å². The zero-order valence-corrected chi connectivity index (χ0v) is 15.5. The highest BCUT2D eigenvalue weighted by atomic mass is 32.1. The van der Waals surface area contributed by atoms with E-state index in [0.717, 1.165) is 36.2 Å². The second kappa shape index (κ2) is 6.62. The Kier molecular flexibility index (Phi) is 4.50. The normalized spacial score (nSPS) is 31.5. The molecule has 2 aliphatic carbocycles. The van der Waals surface area contributed by atoms with E-state index in [9.17, 15) is 4.79 Å². The molecule has 0 radical (unpaired) electrons. The molecule has 2 unspecified atom stereocenters. The number of nitrogens with one attached hydrogen (secondary N) is 1. The van der Waals surface area contributed by atoms with Crippen LogP contribution in [0.1, 0.15) is 69.7 Å². The zero-order chi connectivity index (χ0) is 16.7. The molecule has 5 rings (SSSR count). The average molecular weight is 349 g/mol. The standard InChI is InChI=1S/C18H28N4OS/c1-3-14(4-2)16-20-21-17(24-16)19-18(23)22-10-13-6-11-5-12(7-13)9-15(22)8-11/h11-15H,3-10H2,1-2H3,(H,19,21,23). The lowest BCUT2D eigenvalue weighted by Gasteiger charge is -2.38. The Hall–Kier alpha value is -1.17. The maximum absolute atomic E-state index is 12.9. The van der Waals surface area contributed by atoms with E-state index in [1.807, 2.05) is 0 Å². The van der Waals surface area contributed by atoms with Crippen LogP contribution in [0.25, 0.3) is 0 Å². The molecule has 0 spiro atoms. The molecule has 2 saturated heterocycles. The Labute approximate surface area is 148 Å². The summed E-state index contributed by atoms with van der Waals surface area (Å²) in [6, 6.07) is 0.480. The van der Waals surface area contributed by atoms with Gasteiger partial charge in [-0.2, -0.15) is 0 Å². The summed E-state index contributed by atoms with van der Waals surface area (Å²) in [5, 5.41) is 13.2. The Balaban J connectivity index is 1.45. The predicted octanol–water partition coefficient (Wildman–Crippen LogP) is 4.48. The first-order valence-corrected chi connectivity index (χ1v) is 10.4. The van der Waals surface area contributed by atoms with E-state index in [-0.39, 0.29) is 6.03 Å². The van der Waals surface area contributed by atoms with Crippen molar-refractivity contribution in [3.05, 3.63) is 5.01 Å². The molecule has 4 aliphatic rings. The van der Waals surface area contributed by atoms with Gasteiger partial charge < -0.3 is 4.90 Å². The third kappa shape index (κ3) is 3.05. The quantitative estimate of drug-likeness (QED) is 0.872. The molecule has 4 fully saturated rings. The third-order valence-corrected chi connectivity index (χ3v) is 7.36. The van der Waals surface area contributed by atoms with E-state index in [4.69, 9.17) is 0 Å². The average Bonchev–Trinajstić information content (AvgIpc) is 2.91. The number of urea groups is 1. The van der Waals surface area contributed by atoms with Gasteiger partial charge in [0.1, 0.15) is 5.01 Å². The van der Waals surface area contributed by atoms with Gasteiger partial charge >= 0.3 is 6.03 Å². The van der Waals surface area contributed by atoms with Crippen molar-refractivity contribution >= 4 is 22.5 Å². The van der Waals surface area contributed by atoms with Gasteiger partial charge in [0.15, 0.2) is 0 Å². The maximum atomic E-state index is 12.9. The van der Waals surface area contributed by atoms with Crippen molar-refractivity contribution in [2.45, 2.75) is 70.8 Å². The summed E-state index contributed by atoms with van der Waals surface area (Å²) < 4.78 is 0. The molecule has 2 atom stereocenters. The van der Waals surface area contributed by atoms with Gasteiger partial charge in [0.05, 0.1) is 0 Å². The zero-order valence-electron chi connectivity index (χ0n) is 14.7. The van der Waals surface area contributed by atoms with Crippen LogP contribution in [0.2, 0.25) is 0 Å². The molecule has 0 aromatic carbocycles. The summed E-state index contributed by atoms with van der Waals surface area (Å²) in [6.07, 6.45) is 8.60. The third-order valence-electron chi connectivity index (χ3n) is 6.36. The molecule has 1 aromatic rings. The summed E-state index contributed by atoms with van der Waals surface area (Å²) in [4.78, 5) is 15.0. The maximum Gasteiger partial charge on any atom is 0.323 e. The first kappa shape index (κ1) is 16.3. The van der Waals surface area contributed by atoms with Gasteiger partial charge in [0.2, 0.25) is 5.13 Å². The number of amides is 2. The minimum Gasteiger partial charge on any atom is -0.321 e. The Bertz CT molecular complexity index is 586. The first-order valence-electron chi connectivity index (χ1n) is 9.57. The van der Waals surface area contributed by atoms with E-state index in [1.165, 1.54) is 32.1 Å². The molecular weight excluding hydrogens is 320 g/mol. The molecule has 2 aliphatic heterocycles. The van der Waals surface area contributed by atoms with E-state index < -0.39 is 0 Å². The van der Waals surface area contributed by atoms with Crippen LogP contribution in [-0.2, 0) is 0 Å². The number of hydrogen-bond acceptors (Lipinski definition) is 4. The highest BCUT2D eigenvalue weighted by molar-refractivity contribution is 7.15. The predicted molar refractivity (Wildman–Crippen MR) is 96.3 cm³/mol. The number of anilines is 1. The van der Waals surface area contributed by atoms with Crippen LogP contribution < -0.4 is 5.32 Å². The Morgan fingerprint density at radius 1 is 1.12 bits per heavy atom. The monoisotopic (exact) mass is 348 g/mol. The number of rotatable bonds is 4. The molecule has 4 bridgehead atoms. The van der Waals surface area contributed by atoms with E-state index in [2.05, 4.69) is 34.3 Å². The Morgan fingerprint density at radius 2 is 1.79 bits per heavy atom. The number of fused-ring (bicyclic) bond motifs is 1. The van der Waals surface area contributed by atoms with Crippen molar-refractivity contribution in [2.75, 3.05) is 11.9 Å². The fourth-order valence-electron chi connectivity index (χ4n) is 5.28. The van der Waals surface area contributed by atoms with Gasteiger partial charge in [-0.25, -0.2) is 4.79 Å². The van der Waals surface area contributed by atoms with Crippen molar-refractivity contribution in [3.63, 3.8) is 0 Å². The van der Waals surface area contributed by atoms with Crippen molar-refractivity contribution in [3.8, 4) is 0 Å². The van der Waals surface area contributed by atoms with Gasteiger partial charge in [0, 0.05) is 18.5 Å². The first-order chi connectivity index (χ1) is 11.7. The Morgan fingerprint density at radius 3 is 2.46 bits per heavy atom. The topological polar surface area (TPSA) is 58.1 Å². The number of hydrogen-bond donors (Lipinski definition) is 1. The summed E-state index contributed by atoms with van der Waals surface area (Å²) >= 11 is 1.54. The summed E-state index contributed by atoms with van der Waals surface area (Å²) in [5.41, 5.74) is 0. The van der Waals surface area contributed by atoms with Crippen molar-refractivity contribution < 1.29 is 4.79 Å². The molecule has 1 N–H and O–H groups in total. The fourth-order valence-corrected chi connectivity index (χ4v) is 6.28. The van der Waals surface area contributed by atoms with Gasteiger partial charge in [-0.15, -0.1) is 10.2 Å². The van der Waals surface area contributed by atoms with Crippen LogP contribution in [0.4, 0.5) is 9.93 Å². The highest BCUT2D eigenvalue weighted by Crippen LogP contribution is 2.47. The minimum atomic E-state index is 0.0421. The van der Waals surface area contributed by atoms with Gasteiger partial charge in [-0.1, -0.05) is 25.2 Å². The summed E-state index contributed by atoms with van der Waals surface area (Å²) in [5.74, 6) is 2.88. The molecule has 3 heterocycles. The number of carbonyl (C=O) groups is 1. The van der Waals surface area contributed by atoms with Gasteiger partial charge in [0.25, 0.3) is 0 Å². The molecule has 2 amide bonds. The molecule has 2 saturated carbocycles. The SMILES string of the molecule is CCC(CC)c1nnc(NC(=O)N2CC3CC4CC(C3)CC2C4)s1. The molecule has 1 aromatic heterocycles. The fraction of sp³-hybridized carbons (Fsp3) is 0.833. The van der Waals surface area contributed by atoms with Crippen LogP contribution >= 0.6 is 11.3 Å². The van der Waals surface area contributed by atoms with Gasteiger partial charge in [-0.3, -0.25) is 5.32 Å². The smallest absolute Gasteiger partial charge is 0.321 e. The lowest BCUT2D eigenvalue weighted by atomic mass is 9.68. The van der Waals surface area contributed by atoms with Crippen LogP contribution in [0.5, 0.6) is 0 Å². The van der Waals surface area contributed by atoms with Crippen molar-refractivity contribution in [2.24, 2.45) is 17.8 Å². The highest BCUT2D eigenvalue weighted by Gasteiger charge is 2.44. The van der Waals surface area contributed by atoms with E-state index in [0.29, 0.717) is 23.0 Å². The molecule has 5 nitrogen and oxygen atoms in total. The molecule has 132 valence electrons. The lowest BCUT2D eigenvalue weighted by Crippen LogP contribution is -2.44. The van der Waals surface area contributed by atoms with Gasteiger partial charge in [-0.05, 0) is 62.7 Å². The van der Waals surface area contributed by atoms with E-state index >= 15 is 0 Å². The largest absolute Gasteiger partial charge is 0.323 e. The van der Waals surface area contributed by atoms with E-state index in [1.54, 1.807) is 11.3 Å². The molecule has 6 heteroatoms. The minimum absolute atomic E-state index is 0.0421. The second-order valence-corrected chi connectivity index (χ2v) is 8.98. The number of aromatic nitrogens is 2. The van der Waals surface area contributed by atoms with Crippen LogP contribution in [0, 0.1) is 17.8 Å². The second-order valence-electron chi connectivity index (χ2n) is 7.97. The molecule has 24 heavy (non-hydrogen) atoms. The summed E-state index contributed by atoms with van der Waals surface area (Å²) in [6.45, 7) is 5.29. The number of carbonyl (C=O) groups excluding carboxylic acids is 1. The number of nitrogens with zero attached hydrogens (tertiary/aromatic N) is 3. The molecular formula is C18H28N4OS. The van der Waals surface area contributed by atoms with Crippen LogP contribution in [0.3, 0.4) is 0 Å². The van der Waals surface area contributed by atoms with Crippen molar-refractivity contribution in [1.82, 2.24) is 15.1 Å². The van der Waals surface area contributed by atoms with Crippen LogP contribution in [-0.4, -0.2) is 33.7 Å². The summed E-state index contributed by atoms with van der Waals surface area (Å²) in [7, 11) is 0. The lowest BCUT2D eigenvalue weighted by molar-refractivity contribution is 0.136.